The van der Waals surface area contributed by atoms with Crippen LogP contribution in [-0.2, 0) is 19.6 Å². The standard InChI is InChI=1S/C22H23N3O7S/c1-22(2,3)24-33(30,31)15-8-5-13(6-9-15)21(29)32-12-18(26)23-14-7-10-16-17(11-14)20(28)25(4)19(16)27/h5-11,24H,12H2,1-4H3,(H,23,26). The smallest absolute Gasteiger partial charge is 0.338 e. The lowest BCUT2D eigenvalue weighted by atomic mass is 10.1. The van der Waals surface area contributed by atoms with E-state index in [-0.39, 0.29) is 27.3 Å². The maximum Gasteiger partial charge on any atom is 0.338 e. The molecule has 2 aromatic carbocycles. The van der Waals surface area contributed by atoms with Crippen LogP contribution in [0.2, 0.25) is 0 Å². The zero-order valence-electron chi connectivity index (χ0n) is 18.5. The Labute approximate surface area is 191 Å². The Morgan fingerprint density at radius 2 is 1.58 bits per heavy atom. The van der Waals surface area contributed by atoms with Crippen molar-refractivity contribution in [3.63, 3.8) is 0 Å². The molecule has 0 spiro atoms. The first kappa shape index (κ1) is 24.1. The van der Waals surface area contributed by atoms with Crippen LogP contribution in [0.3, 0.4) is 0 Å². The van der Waals surface area contributed by atoms with Crippen molar-refractivity contribution in [2.24, 2.45) is 0 Å². The fourth-order valence-electron chi connectivity index (χ4n) is 3.08. The van der Waals surface area contributed by atoms with Crippen molar-refractivity contribution < 1.29 is 32.3 Å². The lowest BCUT2D eigenvalue weighted by Gasteiger charge is -2.20. The number of esters is 1. The zero-order chi connectivity index (χ0) is 24.6. The first-order valence-electron chi connectivity index (χ1n) is 9.86. The van der Waals surface area contributed by atoms with Crippen LogP contribution in [0.4, 0.5) is 5.69 Å². The van der Waals surface area contributed by atoms with Crippen LogP contribution >= 0.6 is 0 Å². The van der Waals surface area contributed by atoms with E-state index in [1.807, 2.05) is 0 Å². The van der Waals surface area contributed by atoms with E-state index < -0.39 is 45.9 Å². The number of benzene rings is 2. The van der Waals surface area contributed by atoms with E-state index in [0.29, 0.717) is 0 Å². The number of imide groups is 1. The number of hydrogen-bond acceptors (Lipinski definition) is 7. The van der Waals surface area contributed by atoms with Crippen molar-refractivity contribution >= 4 is 39.4 Å². The summed E-state index contributed by atoms with van der Waals surface area (Å²) >= 11 is 0. The molecule has 0 aliphatic carbocycles. The van der Waals surface area contributed by atoms with Crippen LogP contribution in [0.15, 0.2) is 47.4 Å². The van der Waals surface area contributed by atoms with Crippen LogP contribution in [0.1, 0.15) is 51.8 Å². The summed E-state index contributed by atoms with van der Waals surface area (Å²) in [6.07, 6.45) is 0. The van der Waals surface area contributed by atoms with E-state index in [1.54, 1.807) is 20.8 Å². The lowest BCUT2D eigenvalue weighted by Crippen LogP contribution is -2.40. The molecule has 0 saturated heterocycles. The van der Waals surface area contributed by atoms with Crippen molar-refractivity contribution in [3.8, 4) is 0 Å². The molecule has 0 radical (unpaired) electrons. The van der Waals surface area contributed by atoms with Gasteiger partial charge < -0.3 is 10.1 Å². The number of hydrogen-bond donors (Lipinski definition) is 2. The summed E-state index contributed by atoms with van der Waals surface area (Å²) in [4.78, 5) is 49.3. The molecule has 2 N–H and O–H groups in total. The predicted octanol–water partition coefficient (Wildman–Crippen LogP) is 1.78. The van der Waals surface area contributed by atoms with Gasteiger partial charge in [-0.2, -0.15) is 0 Å². The van der Waals surface area contributed by atoms with Crippen LogP contribution in [0.25, 0.3) is 0 Å². The van der Waals surface area contributed by atoms with Gasteiger partial charge in [0.25, 0.3) is 17.7 Å². The van der Waals surface area contributed by atoms with E-state index in [0.717, 1.165) is 4.90 Å². The van der Waals surface area contributed by atoms with Gasteiger partial charge in [0.05, 0.1) is 21.6 Å². The molecule has 2 aromatic rings. The number of carbonyl (C=O) groups excluding carboxylic acids is 4. The number of nitrogens with one attached hydrogen (secondary N) is 2. The van der Waals surface area contributed by atoms with Gasteiger partial charge in [-0.3, -0.25) is 19.3 Å². The number of amides is 3. The van der Waals surface area contributed by atoms with Gasteiger partial charge in [0.15, 0.2) is 6.61 Å². The number of carbonyl (C=O) groups is 4. The Balaban J connectivity index is 1.59. The first-order chi connectivity index (χ1) is 15.3. The Bertz CT molecular complexity index is 1250. The minimum Gasteiger partial charge on any atom is -0.452 e. The molecule has 0 saturated carbocycles. The molecule has 0 aromatic heterocycles. The molecule has 3 rings (SSSR count). The monoisotopic (exact) mass is 473 g/mol. The van der Waals surface area contributed by atoms with Gasteiger partial charge in [0.2, 0.25) is 10.0 Å². The third-order valence-electron chi connectivity index (χ3n) is 4.55. The topological polar surface area (TPSA) is 139 Å². The van der Waals surface area contributed by atoms with Crippen molar-refractivity contribution in [1.29, 1.82) is 0 Å². The molecule has 1 aliphatic heterocycles. The second-order valence-corrected chi connectivity index (χ2v) is 10.1. The summed E-state index contributed by atoms with van der Waals surface area (Å²) in [5.74, 6) is -2.35. The highest BCUT2D eigenvalue weighted by molar-refractivity contribution is 7.89. The average molecular weight is 474 g/mol. The van der Waals surface area contributed by atoms with E-state index in [1.165, 1.54) is 49.5 Å². The van der Waals surface area contributed by atoms with Gasteiger partial charge in [-0.25, -0.2) is 17.9 Å². The number of nitrogens with zero attached hydrogens (tertiary/aromatic N) is 1. The predicted molar refractivity (Wildman–Crippen MR) is 118 cm³/mol. The molecule has 1 heterocycles. The molecule has 0 unspecified atom stereocenters. The fraction of sp³-hybridized carbons (Fsp3) is 0.273. The molecule has 11 heteroatoms. The van der Waals surface area contributed by atoms with Gasteiger partial charge in [-0.1, -0.05) is 0 Å². The highest BCUT2D eigenvalue weighted by Gasteiger charge is 2.32. The average Bonchev–Trinajstić information content (AvgIpc) is 2.94. The van der Waals surface area contributed by atoms with E-state index in [2.05, 4.69) is 10.0 Å². The molecular weight excluding hydrogens is 450 g/mol. The van der Waals surface area contributed by atoms with Gasteiger partial charge in [-0.05, 0) is 63.2 Å². The second-order valence-electron chi connectivity index (χ2n) is 8.43. The van der Waals surface area contributed by atoms with Crippen LogP contribution in [-0.4, -0.2) is 56.2 Å². The van der Waals surface area contributed by atoms with Gasteiger partial charge >= 0.3 is 5.97 Å². The molecule has 0 bridgehead atoms. The lowest BCUT2D eigenvalue weighted by molar-refractivity contribution is -0.119. The molecule has 174 valence electrons. The van der Waals surface area contributed by atoms with E-state index in [9.17, 15) is 27.6 Å². The number of sulfonamides is 1. The first-order valence-corrected chi connectivity index (χ1v) is 11.3. The maximum absolute atomic E-state index is 12.3. The van der Waals surface area contributed by atoms with Crippen LogP contribution in [0.5, 0.6) is 0 Å². The molecule has 0 fully saturated rings. The minimum atomic E-state index is -3.75. The quantitative estimate of drug-likeness (QED) is 0.482. The number of fused-ring (bicyclic) bond motifs is 1. The van der Waals surface area contributed by atoms with Crippen molar-refractivity contribution in [2.45, 2.75) is 31.2 Å². The van der Waals surface area contributed by atoms with Gasteiger partial charge in [0.1, 0.15) is 0 Å². The largest absolute Gasteiger partial charge is 0.452 e. The SMILES string of the molecule is CN1C(=O)c2ccc(NC(=O)COC(=O)c3ccc(S(=O)(=O)NC(C)(C)C)cc3)cc2C1=O. The second kappa shape index (κ2) is 8.75. The maximum atomic E-state index is 12.3. The number of ether oxygens (including phenoxy) is 1. The van der Waals surface area contributed by atoms with E-state index >= 15 is 0 Å². The third-order valence-corrected chi connectivity index (χ3v) is 6.32. The van der Waals surface area contributed by atoms with Crippen LogP contribution in [0, 0.1) is 0 Å². The normalized spacial score (nSPS) is 13.6. The number of anilines is 1. The van der Waals surface area contributed by atoms with Gasteiger partial charge in [0, 0.05) is 18.3 Å². The van der Waals surface area contributed by atoms with Crippen molar-refractivity contribution in [2.75, 3.05) is 19.0 Å². The summed E-state index contributed by atoms with van der Waals surface area (Å²) in [5, 5.41) is 2.49. The van der Waals surface area contributed by atoms with Crippen molar-refractivity contribution in [1.82, 2.24) is 9.62 Å². The Kier molecular flexibility index (Phi) is 6.39. The summed E-state index contributed by atoms with van der Waals surface area (Å²) in [6, 6.07) is 9.39. The summed E-state index contributed by atoms with van der Waals surface area (Å²) < 4.78 is 32.1. The highest BCUT2D eigenvalue weighted by atomic mass is 32.2. The minimum absolute atomic E-state index is 0.0120. The Hall–Kier alpha value is -3.57. The van der Waals surface area contributed by atoms with Crippen molar-refractivity contribution in [3.05, 3.63) is 59.2 Å². The molecule has 3 amide bonds. The Morgan fingerprint density at radius 3 is 2.18 bits per heavy atom. The molecule has 10 nitrogen and oxygen atoms in total. The Morgan fingerprint density at radius 1 is 0.970 bits per heavy atom. The van der Waals surface area contributed by atoms with Crippen LogP contribution < -0.4 is 10.0 Å². The molecule has 0 atom stereocenters. The number of rotatable bonds is 6. The summed E-state index contributed by atoms with van der Waals surface area (Å²) in [7, 11) is -2.38. The summed E-state index contributed by atoms with van der Waals surface area (Å²) in [5.41, 5.74) is 0.0965. The molecule has 33 heavy (non-hydrogen) atoms. The fourth-order valence-corrected chi connectivity index (χ4v) is 4.50. The highest BCUT2D eigenvalue weighted by Crippen LogP contribution is 2.24. The molecular formula is C22H23N3O7S. The van der Waals surface area contributed by atoms with E-state index in [4.69, 9.17) is 4.74 Å². The summed E-state index contributed by atoms with van der Waals surface area (Å²) in [6.45, 7) is 4.52. The van der Waals surface area contributed by atoms with Gasteiger partial charge in [-0.15, -0.1) is 0 Å². The zero-order valence-corrected chi connectivity index (χ0v) is 19.3. The third kappa shape index (κ3) is 5.44. The molecule has 1 aliphatic rings.